The SMILES string of the molecule is Cc1nc(CCC(=O)OC(C)(C)C)ccc1OS(=O)(=O)C(F)(F)F. The number of aryl methyl sites for hydroxylation is 2. The van der Waals surface area contributed by atoms with Gasteiger partial charge in [-0.3, -0.25) is 9.78 Å². The summed E-state index contributed by atoms with van der Waals surface area (Å²) in [7, 11) is -5.75. The van der Waals surface area contributed by atoms with E-state index in [2.05, 4.69) is 9.17 Å². The van der Waals surface area contributed by atoms with Gasteiger partial charge in [0.2, 0.25) is 0 Å². The highest BCUT2D eigenvalue weighted by molar-refractivity contribution is 7.88. The van der Waals surface area contributed by atoms with Gasteiger partial charge in [-0.2, -0.15) is 21.6 Å². The Hall–Kier alpha value is -1.84. The van der Waals surface area contributed by atoms with Crippen molar-refractivity contribution >= 4 is 16.1 Å². The number of esters is 1. The van der Waals surface area contributed by atoms with Gasteiger partial charge < -0.3 is 8.92 Å². The van der Waals surface area contributed by atoms with Crippen molar-refractivity contribution in [1.82, 2.24) is 4.98 Å². The third-order valence-corrected chi connectivity index (χ3v) is 3.55. The first-order valence-electron chi connectivity index (χ1n) is 6.90. The van der Waals surface area contributed by atoms with Crippen molar-refractivity contribution in [3.05, 3.63) is 23.5 Å². The highest BCUT2D eigenvalue weighted by Crippen LogP contribution is 2.28. The Bertz CT molecular complexity index is 708. The second-order valence-corrected chi connectivity index (χ2v) is 7.49. The Balaban J connectivity index is 2.77. The minimum absolute atomic E-state index is 0.0325. The van der Waals surface area contributed by atoms with Gasteiger partial charge in [0, 0.05) is 12.1 Å². The Kier molecular flexibility index (Phi) is 5.86. The Morgan fingerprint density at radius 1 is 1.21 bits per heavy atom. The van der Waals surface area contributed by atoms with E-state index in [1.54, 1.807) is 20.8 Å². The van der Waals surface area contributed by atoms with E-state index in [9.17, 15) is 26.4 Å². The molecule has 6 nitrogen and oxygen atoms in total. The summed E-state index contributed by atoms with van der Waals surface area (Å²) in [4.78, 5) is 15.5. The third-order valence-electron chi connectivity index (χ3n) is 2.58. The van der Waals surface area contributed by atoms with Crippen molar-refractivity contribution in [2.75, 3.05) is 0 Å². The molecule has 1 aromatic rings. The quantitative estimate of drug-likeness (QED) is 0.451. The van der Waals surface area contributed by atoms with Gasteiger partial charge in [0.25, 0.3) is 0 Å². The van der Waals surface area contributed by atoms with Crippen LogP contribution < -0.4 is 4.18 Å². The van der Waals surface area contributed by atoms with Crippen molar-refractivity contribution < 1.29 is 35.3 Å². The monoisotopic (exact) mass is 369 g/mol. The number of carbonyl (C=O) groups excluding carboxylic acids is 1. The average Bonchev–Trinajstić information content (AvgIpc) is 2.35. The van der Waals surface area contributed by atoms with Gasteiger partial charge in [-0.25, -0.2) is 0 Å². The lowest BCUT2D eigenvalue weighted by Gasteiger charge is -2.19. The maximum absolute atomic E-state index is 12.3. The van der Waals surface area contributed by atoms with Crippen LogP contribution in [0.15, 0.2) is 12.1 Å². The standard InChI is InChI=1S/C14H18F3NO5S/c1-9-11(23-24(20,21)14(15,16)17)7-5-10(18-9)6-8-12(19)22-13(2,3)4/h5,7H,6,8H2,1-4H3. The fraction of sp³-hybridized carbons (Fsp3) is 0.571. The van der Waals surface area contributed by atoms with Crippen molar-refractivity contribution in [3.63, 3.8) is 0 Å². The topological polar surface area (TPSA) is 82.6 Å². The number of ether oxygens (including phenoxy) is 1. The summed E-state index contributed by atoms with van der Waals surface area (Å²) in [6.45, 7) is 6.47. The summed E-state index contributed by atoms with van der Waals surface area (Å²) >= 11 is 0. The largest absolute Gasteiger partial charge is 0.534 e. The lowest BCUT2D eigenvalue weighted by Crippen LogP contribution is -2.28. The zero-order valence-corrected chi connectivity index (χ0v) is 14.4. The van der Waals surface area contributed by atoms with Crippen molar-refractivity contribution in [2.24, 2.45) is 0 Å². The molecule has 0 aliphatic rings. The summed E-state index contributed by atoms with van der Waals surface area (Å²) in [5.74, 6) is -0.963. The molecule has 0 amide bonds. The molecule has 0 atom stereocenters. The van der Waals surface area contributed by atoms with Gasteiger partial charge in [0.15, 0.2) is 5.75 Å². The van der Waals surface area contributed by atoms with Gasteiger partial charge in [0.05, 0.1) is 12.1 Å². The molecule has 0 aromatic carbocycles. The van der Waals surface area contributed by atoms with E-state index in [-0.39, 0.29) is 18.5 Å². The van der Waals surface area contributed by atoms with Gasteiger partial charge in [0.1, 0.15) is 5.60 Å². The van der Waals surface area contributed by atoms with Gasteiger partial charge in [-0.05, 0) is 39.8 Å². The van der Waals surface area contributed by atoms with Crippen LogP contribution in [0.4, 0.5) is 13.2 Å². The minimum Gasteiger partial charge on any atom is -0.460 e. The normalized spacial score (nSPS) is 12.8. The van der Waals surface area contributed by atoms with Crippen LogP contribution in [-0.2, 0) is 26.1 Å². The van der Waals surface area contributed by atoms with Gasteiger partial charge >= 0.3 is 21.6 Å². The number of aromatic nitrogens is 1. The Morgan fingerprint density at radius 2 is 1.79 bits per heavy atom. The van der Waals surface area contributed by atoms with Crippen molar-refractivity contribution in [1.29, 1.82) is 0 Å². The summed E-state index contributed by atoms with van der Waals surface area (Å²) in [5.41, 5.74) is -5.78. The molecule has 1 rings (SSSR count). The molecule has 0 unspecified atom stereocenters. The first kappa shape index (κ1) is 20.2. The van der Waals surface area contributed by atoms with E-state index in [1.165, 1.54) is 13.0 Å². The second kappa shape index (κ2) is 6.96. The number of hydrogen-bond acceptors (Lipinski definition) is 6. The molecule has 0 saturated carbocycles. The van der Waals surface area contributed by atoms with E-state index in [1.807, 2.05) is 0 Å². The molecular formula is C14H18F3NO5S. The molecule has 0 saturated heterocycles. The zero-order chi connectivity index (χ0) is 18.8. The number of pyridine rings is 1. The number of hydrogen-bond donors (Lipinski definition) is 0. The van der Waals surface area contributed by atoms with E-state index < -0.39 is 32.9 Å². The molecule has 0 fully saturated rings. The molecule has 0 spiro atoms. The van der Waals surface area contributed by atoms with Crippen molar-refractivity contribution in [3.8, 4) is 5.75 Å². The summed E-state index contributed by atoms with van der Waals surface area (Å²) in [6.07, 6.45) is 0.229. The summed E-state index contributed by atoms with van der Waals surface area (Å²) < 4.78 is 68.0. The number of rotatable bonds is 5. The van der Waals surface area contributed by atoms with E-state index in [0.717, 1.165) is 6.07 Å². The lowest BCUT2D eigenvalue weighted by molar-refractivity contribution is -0.154. The molecule has 24 heavy (non-hydrogen) atoms. The predicted octanol–water partition coefficient (Wildman–Crippen LogP) is 2.89. The first-order chi connectivity index (χ1) is 10.7. The number of alkyl halides is 3. The average molecular weight is 369 g/mol. The van der Waals surface area contributed by atoms with Gasteiger partial charge in [-0.15, -0.1) is 0 Å². The van der Waals surface area contributed by atoms with Crippen LogP contribution in [0.1, 0.15) is 38.6 Å². The molecule has 136 valence electrons. The Labute approximate surface area is 138 Å². The molecule has 1 heterocycles. The fourth-order valence-corrected chi connectivity index (χ4v) is 2.12. The minimum atomic E-state index is -5.75. The molecule has 0 aliphatic carbocycles. The molecule has 0 N–H and O–H groups in total. The summed E-state index contributed by atoms with van der Waals surface area (Å²) in [5, 5.41) is 0. The van der Waals surface area contributed by atoms with Crippen LogP contribution in [-0.4, -0.2) is 30.5 Å². The predicted molar refractivity (Wildman–Crippen MR) is 78.7 cm³/mol. The molecule has 10 heteroatoms. The zero-order valence-electron chi connectivity index (χ0n) is 13.6. The smallest absolute Gasteiger partial charge is 0.460 e. The fourth-order valence-electron chi connectivity index (χ4n) is 1.62. The maximum atomic E-state index is 12.3. The third kappa shape index (κ3) is 5.99. The van der Waals surface area contributed by atoms with Gasteiger partial charge in [-0.1, -0.05) is 0 Å². The number of nitrogens with zero attached hydrogens (tertiary/aromatic N) is 1. The number of halogens is 3. The van der Waals surface area contributed by atoms with Crippen LogP contribution in [0.25, 0.3) is 0 Å². The van der Waals surface area contributed by atoms with E-state index >= 15 is 0 Å². The Morgan fingerprint density at radius 3 is 2.25 bits per heavy atom. The lowest BCUT2D eigenvalue weighted by atomic mass is 10.1. The van der Waals surface area contributed by atoms with Crippen molar-refractivity contribution in [2.45, 2.75) is 51.6 Å². The molecule has 0 bridgehead atoms. The highest BCUT2D eigenvalue weighted by Gasteiger charge is 2.48. The van der Waals surface area contributed by atoms with Crippen LogP contribution >= 0.6 is 0 Å². The molecule has 0 radical (unpaired) electrons. The maximum Gasteiger partial charge on any atom is 0.534 e. The number of carbonyl (C=O) groups is 1. The summed E-state index contributed by atoms with van der Waals surface area (Å²) in [6, 6.07) is 2.36. The van der Waals surface area contributed by atoms with Crippen LogP contribution in [0.2, 0.25) is 0 Å². The highest BCUT2D eigenvalue weighted by atomic mass is 32.2. The van der Waals surface area contributed by atoms with E-state index in [0.29, 0.717) is 5.69 Å². The van der Waals surface area contributed by atoms with Crippen LogP contribution in [0.3, 0.4) is 0 Å². The van der Waals surface area contributed by atoms with E-state index in [4.69, 9.17) is 4.74 Å². The molecule has 0 aliphatic heterocycles. The van der Waals surface area contributed by atoms with Crippen LogP contribution in [0, 0.1) is 6.92 Å². The second-order valence-electron chi connectivity index (χ2n) is 5.96. The first-order valence-corrected chi connectivity index (χ1v) is 8.31. The molecule has 1 aromatic heterocycles. The van der Waals surface area contributed by atoms with Crippen LogP contribution in [0.5, 0.6) is 5.75 Å². The molecular weight excluding hydrogens is 351 g/mol.